The van der Waals surface area contributed by atoms with E-state index in [1.165, 1.54) is 36.7 Å². The predicted molar refractivity (Wildman–Crippen MR) is 97.7 cm³/mol. The number of nitrogens with one attached hydrogen (secondary N) is 1. The molecule has 1 N–H and O–H groups in total. The topological polar surface area (TPSA) is 59.8 Å². The third kappa shape index (κ3) is 4.82. The van der Waals surface area contributed by atoms with Gasteiger partial charge in [0.25, 0.3) is 0 Å². The Hall–Kier alpha value is -2.03. The number of halogens is 3. The van der Waals surface area contributed by atoms with Crippen molar-refractivity contribution >= 4 is 23.4 Å². The van der Waals surface area contributed by atoms with Crippen LogP contribution >= 0.6 is 11.8 Å². The molecule has 1 fully saturated rings. The number of hydrogen-bond acceptors (Lipinski definition) is 4. The van der Waals surface area contributed by atoms with Gasteiger partial charge in [-0.05, 0) is 38.0 Å². The molecule has 2 aromatic rings. The number of carbonyl (C=O) groups is 1. The van der Waals surface area contributed by atoms with E-state index in [0.29, 0.717) is 11.1 Å². The predicted octanol–water partition coefficient (Wildman–Crippen LogP) is 4.71. The third-order valence-electron chi connectivity index (χ3n) is 4.59. The Morgan fingerprint density at radius 3 is 2.70 bits per heavy atom. The van der Waals surface area contributed by atoms with Crippen LogP contribution in [0, 0.1) is 0 Å². The second-order valence-corrected chi connectivity index (χ2v) is 7.42. The quantitative estimate of drug-likeness (QED) is 0.716. The van der Waals surface area contributed by atoms with E-state index in [-0.39, 0.29) is 17.3 Å². The maximum Gasteiger partial charge on any atom is 0.416 e. The van der Waals surface area contributed by atoms with Crippen LogP contribution in [0.4, 0.5) is 18.9 Å². The SMILES string of the molecule is CCn1c(SCC(=O)Nc2cccc(C(F)(F)F)c2)nnc1C1CCCC1. The van der Waals surface area contributed by atoms with E-state index in [1.807, 2.05) is 11.5 Å². The Morgan fingerprint density at radius 1 is 1.30 bits per heavy atom. The van der Waals surface area contributed by atoms with Crippen LogP contribution in [0.3, 0.4) is 0 Å². The van der Waals surface area contributed by atoms with Crippen LogP contribution in [-0.2, 0) is 17.5 Å². The highest BCUT2D eigenvalue weighted by atomic mass is 32.2. The van der Waals surface area contributed by atoms with Gasteiger partial charge in [0.05, 0.1) is 11.3 Å². The number of hydrogen-bond donors (Lipinski definition) is 1. The zero-order valence-corrected chi connectivity index (χ0v) is 15.7. The summed E-state index contributed by atoms with van der Waals surface area (Å²) in [6, 6.07) is 4.60. The molecule has 146 valence electrons. The summed E-state index contributed by atoms with van der Waals surface area (Å²) in [4.78, 5) is 12.1. The molecule has 1 aromatic carbocycles. The third-order valence-corrected chi connectivity index (χ3v) is 5.55. The molecule has 0 aliphatic heterocycles. The van der Waals surface area contributed by atoms with Gasteiger partial charge in [0, 0.05) is 18.2 Å². The summed E-state index contributed by atoms with van der Waals surface area (Å²) in [6.07, 6.45) is 0.174. The molecule has 0 unspecified atom stereocenters. The number of anilines is 1. The number of thioether (sulfide) groups is 1. The first-order chi connectivity index (χ1) is 12.9. The van der Waals surface area contributed by atoms with Gasteiger partial charge >= 0.3 is 6.18 Å². The van der Waals surface area contributed by atoms with Gasteiger partial charge in [0.15, 0.2) is 5.16 Å². The fourth-order valence-corrected chi connectivity index (χ4v) is 4.10. The maximum atomic E-state index is 12.8. The van der Waals surface area contributed by atoms with E-state index in [9.17, 15) is 18.0 Å². The Balaban J connectivity index is 1.61. The number of carbonyl (C=O) groups excluding carboxylic acids is 1. The molecule has 0 saturated heterocycles. The molecule has 1 saturated carbocycles. The molecule has 0 bridgehead atoms. The van der Waals surface area contributed by atoms with Crippen molar-refractivity contribution in [1.29, 1.82) is 0 Å². The number of nitrogens with zero attached hydrogens (tertiary/aromatic N) is 3. The van der Waals surface area contributed by atoms with E-state index in [0.717, 1.165) is 37.3 Å². The normalized spacial score (nSPS) is 15.3. The summed E-state index contributed by atoms with van der Waals surface area (Å²) in [5.74, 6) is 1.06. The highest BCUT2D eigenvalue weighted by Gasteiger charge is 2.30. The lowest BCUT2D eigenvalue weighted by Gasteiger charge is -2.12. The molecule has 1 heterocycles. The first kappa shape index (κ1) is 19.7. The largest absolute Gasteiger partial charge is 0.416 e. The van der Waals surface area contributed by atoms with Gasteiger partial charge in [-0.25, -0.2) is 0 Å². The zero-order valence-electron chi connectivity index (χ0n) is 14.9. The van der Waals surface area contributed by atoms with Crippen molar-refractivity contribution in [3.05, 3.63) is 35.7 Å². The van der Waals surface area contributed by atoms with Crippen LogP contribution in [0.25, 0.3) is 0 Å². The van der Waals surface area contributed by atoms with Gasteiger partial charge < -0.3 is 9.88 Å². The van der Waals surface area contributed by atoms with Gasteiger partial charge in [-0.15, -0.1) is 10.2 Å². The number of amides is 1. The smallest absolute Gasteiger partial charge is 0.325 e. The van der Waals surface area contributed by atoms with E-state index in [1.54, 1.807) is 0 Å². The Morgan fingerprint density at radius 2 is 2.04 bits per heavy atom. The van der Waals surface area contributed by atoms with E-state index in [2.05, 4.69) is 15.5 Å². The van der Waals surface area contributed by atoms with Crippen molar-refractivity contribution in [2.45, 2.75) is 56.4 Å². The number of alkyl halides is 3. The van der Waals surface area contributed by atoms with Crippen molar-refractivity contribution < 1.29 is 18.0 Å². The van der Waals surface area contributed by atoms with Gasteiger partial charge in [0.2, 0.25) is 5.91 Å². The molecule has 5 nitrogen and oxygen atoms in total. The van der Waals surface area contributed by atoms with Crippen LogP contribution < -0.4 is 5.32 Å². The van der Waals surface area contributed by atoms with Crippen LogP contribution in [0.2, 0.25) is 0 Å². The highest BCUT2D eigenvalue weighted by molar-refractivity contribution is 7.99. The molecule has 9 heteroatoms. The minimum atomic E-state index is -4.44. The molecule has 0 radical (unpaired) electrons. The average molecular weight is 398 g/mol. The maximum absolute atomic E-state index is 12.8. The summed E-state index contributed by atoms with van der Waals surface area (Å²) in [5.41, 5.74) is -0.668. The summed E-state index contributed by atoms with van der Waals surface area (Å²) in [6.45, 7) is 2.73. The Kier molecular flexibility index (Phi) is 6.08. The van der Waals surface area contributed by atoms with E-state index >= 15 is 0 Å². The van der Waals surface area contributed by atoms with Crippen molar-refractivity contribution in [1.82, 2.24) is 14.8 Å². The summed E-state index contributed by atoms with van der Waals surface area (Å²) in [5, 5.41) is 11.7. The second kappa shape index (κ2) is 8.33. The lowest BCUT2D eigenvalue weighted by atomic mass is 10.1. The molecular formula is C18H21F3N4OS. The summed E-state index contributed by atoms with van der Waals surface area (Å²) < 4.78 is 40.3. The standard InChI is InChI=1S/C18H21F3N4OS/c1-2-25-16(12-6-3-4-7-12)23-24-17(25)27-11-15(26)22-14-9-5-8-13(10-14)18(19,20)21/h5,8-10,12H,2-4,6-7,11H2,1H3,(H,22,26). The fraction of sp³-hybridized carbons (Fsp3) is 0.500. The van der Waals surface area contributed by atoms with Crippen LogP contribution in [0.1, 0.15) is 49.9 Å². The Labute approximate surface area is 159 Å². The molecule has 1 amide bonds. The molecule has 1 aliphatic rings. The van der Waals surface area contributed by atoms with Crippen molar-refractivity contribution in [2.24, 2.45) is 0 Å². The zero-order chi connectivity index (χ0) is 19.4. The summed E-state index contributed by atoms with van der Waals surface area (Å²) in [7, 11) is 0. The molecule has 1 aliphatic carbocycles. The first-order valence-corrected chi connectivity index (χ1v) is 9.90. The van der Waals surface area contributed by atoms with E-state index in [4.69, 9.17) is 0 Å². The van der Waals surface area contributed by atoms with E-state index < -0.39 is 11.7 Å². The van der Waals surface area contributed by atoms with Crippen molar-refractivity contribution in [3.8, 4) is 0 Å². The lowest BCUT2D eigenvalue weighted by Crippen LogP contribution is -2.15. The fourth-order valence-electron chi connectivity index (χ4n) is 3.29. The van der Waals surface area contributed by atoms with Crippen molar-refractivity contribution in [3.63, 3.8) is 0 Å². The van der Waals surface area contributed by atoms with Gasteiger partial charge in [-0.1, -0.05) is 30.7 Å². The monoisotopic (exact) mass is 398 g/mol. The molecule has 27 heavy (non-hydrogen) atoms. The van der Waals surface area contributed by atoms with Gasteiger partial charge in [-0.3, -0.25) is 4.79 Å². The second-order valence-electron chi connectivity index (χ2n) is 6.48. The highest BCUT2D eigenvalue weighted by Crippen LogP contribution is 2.34. The minimum Gasteiger partial charge on any atom is -0.325 e. The molecule has 1 aromatic heterocycles. The minimum absolute atomic E-state index is 0.0546. The van der Waals surface area contributed by atoms with Crippen LogP contribution in [0.15, 0.2) is 29.4 Å². The van der Waals surface area contributed by atoms with Gasteiger partial charge in [-0.2, -0.15) is 13.2 Å². The Bertz CT molecular complexity index is 800. The van der Waals surface area contributed by atoms with Crippen LogP contribution in [0.5, 0.6) is 0 Å². The van der Waals surface area contributed by atoms with Crippen molar-refractivity contribution in [2.75, 3.05) is 11.1 Å². The molecule has 0 atom stereocenters. The number of rotatable bonds is 6. The molecular weight excluding hydrogens is 377 g/mol. The molecule has 3 rings (SSSR count). The molecule has 0 spiro atoms. The van der Waals surface area contributed by atoms with Crippen LogP contribution in [-0.4, -0.2) is 26.4 Å². The van der Waals surface area contributed by atoms with Gasteiger partial charge in [0.1, 0.15) is 5.82 Å². The number of aromatic nitrogens is 3. The average Bonchev–Trinajstić information content (AvgIpc) is 3.28. The lowest BCUT2D eigenvalue weighted by molar-refractivity contribution is -0.137. The first-order valence-electron chi connectivity index (χ1n) is 8.91. The summed E-state index contributed by atoms with van der Waals surface area (Å²) >= 11 is 1.24. The number of benzene rings is 1.